The van der Waals surface area contributed by atoms with Gasteiger partial charge in [0.2, 0.25) is 5.91 Å². The summed E-state index contributed by atoms with van der Waals surface area (Å²) in [6, 6.07) is 0. The monoisotopic (exact) mass is 199 g/mol. The maximum Gasteiger partial charge on any atom is 0.246 e. The summed E-state index contributed by atoms with van der Waals surface area (Å²) in [6.45, 7) is 7.20. The Bertz CT molecular complexity index is 204. The molecule has 3 nitrogen and oxygen atoms in total. The number of nitrogens with zero attached hydrogens (tertiary/aromatic N) is 1. The molecule has 0 rings (SSSR count). The lowest BCUT2D eigenvalue weighted by Gasteiger charge is -2.23. The Hall–Kier alpha value is -0.830. The van der Waals surface area contributed by atoms with E-state index in [2.05, 4.69) is 33.0 Å². The molecule has 0 aromatic heterocycles. The van der Waals surface area contributed by atoms with Crippen molar-refractivity contribution in [3.63, 3.8) is 0 Å². The van der Waals surface area contributed by atoms with Crippen LogP contribution < -0.4 is 5.32 Å². The number of hydrogen-bond acceptors (Lipinski definition) is 1. The summed E-state index contributed by atoms with van der Waals surface area (Å²) in [5, 5.41) is 2.82. The predicted octanol–water partition coefficient (Wildman–Crippen LogP) is 1.17. The van der Waals surface area contributed by atoms with E-state index in [4.69, 9.17) is 0 Å². The van der Waals surface area contributed by atoms with Crippen LogP contribution in [0.25, 0.3) is 0 Å². The quantitative estimate of drug-likeness (QED) is 0.388. The van der Waals surface area contributed by atoms with Crippen molar-refractivity contribution in [2.45, 2.75) is 19.8 Å². The zero-order valence-electron chi connectivity index (χ0n) is 9.89. The average molecular weight is 199 g/mol. The number of quaternary nitrogens is 1. The largest absolute Gasteiger partial charge is 0.352 e. The van der Waals surface area contributed by atoms with Gasteiger partial charge in [0.15, 0.2) is 0 Å². The minimum Gasteiger partial charge on any atom is -0.352 e. The normalized spacial score (nSPS) is 11.1. The van der Waals surface area contributed by atoms with Gasteiger partial charge in [-0.15, -0.1) is 0 Å². The predicted molar refractivity (Wildman–Crippen MR) is 60.0 cm³/mol. The number of nitrogens with one attached hydrogen (secondary N) is 1. The zero-order valence-corrected chi connectivity index (χ0v) is 9.89. The molecule has 0 heterocycles. The van der Waals surface area contributed by atoms with E-state index in [1.54, 1.807) is 6.92 Å². The Morgan fingerprint density at radius 2 is 1.86 bits per heavy atom. The maximum absolute atomic E-state index is 11.1. The topological polar surface area (TPSA) is 29.1 Å². The summed E-state index contributed by atoms with van der Waals surface area (Å²) >= 11 is 0. The maximum atomic E-state index is 11.1. The highest BCUT2D eigenvalue weighted by molar-refractivity contribution is 5.91. The molecule has 0 fully saturated rings. The minimum absolute atomic E-state index is 0.0322. The van der Waals surface area contributed by atoms with E-state index < -0.39 is 0 Å². The Labute approximate surface area is 87.4 Å². The summed E-state index contributed by atoms with van der Waals surface area (Å²) in [7, 11) is 6.52. The molecule has 0 spiro atoms. The molecule has 0 aliphatic rings. The van der Waals surface area contributed by atoms with Gasteiger partial charge in [-0.25, -0.2) is 0 Å². The third-order valence-corrected chi connectivity index (χ3v) is 1.93. The number of rotatable bonds is 6. The summed E-state index contributed by atoms with van der Waals surface area (Å²) in [5.74, 6) is -0.0322. The second-order valence-electron chi connectivity index (χ2n) is 4.76. The SMILES string of the molecule is C=C(C)C(=O)NCCCC[N+](C)(C)C. The molecule has 0 aliphatic heterocycles. The average Bonchev–Trinajstić information content (AvgIpc) is 2.01. The fraction of sp³-hybridized carbons (Fsp3) is 0.727. The van der Waals surface area contributed by atoms with Crippen molar-refractivity contribution in [2.75, 3.05) is 34.2 Å². The van der Waals surface area contributed by atoms with Crippen LogP contribution in [0.2, 0.25) is 0 Å². The van der Waals surface area contributed by atoms with E-state index in [-0.39, 0.29) is 5.91 Å². The minimum atomic E-state index is -0.0322. The molecule has 0 atom stereocenters. The molecule has 82 valence electrons. The van der Waals surface area contributed by atoms with E-state index in [9.17, 15) is 4.79 Å². The lowest BCUT2D eigenvalue weighted by Crippen LogP contribution is -2.35. The fourth-order valence-electron chi connectivity index (χ4n) is 1.06. The zero-order chi connectivity index (χ0) is 11.2. The van der Waals surface area contributed by atoms with E-state index in [0.29, 0.717) is 5.57 Å². The first-order valence-electron chi connectivity index (χ1n) is 5.07. The van der Waals surface area contributed by atoms with Gasteiger partial charge >= 0.3 is 0 Å². The summed E-state index contributed by atoms with van der Waals surface area (Å²) in [4.78, 5) is 11.1. The summed E-state index contributed by atoms with van der Waals surface area (Å²) < 4.78 is 0.981. The molecule has 0 aliphatic carbocycles. The van der Waals surface area contributed by atoms with Crippen molar-refractivity contribution in [2.24, 2.45) is 0 Å². The highest BCUT2D eigenvalue weighted by Crippen LogP contribution is 1.96. The Morgan fingerprint density at radius 3 is 2.29 bits per heavy atom. The van der Waals surface area contributed by atoms with E-state index in [0.717, 1.165) is 30.4 Å². The van der Waals surface area contributed by atoms with Crippen LogP contribution in [-0.2, 0) is 4.79 Å². The molecule has 0 unspecified atom stereocenters. The van der Waals surface area contributed by atoms with Gasteiger partial charge in [0.05, 0.1) is 27.7 Å². The summed E-state index contributed by atoms with van der Waals surface area (Å²) in [6.07, 6.45) is 2.18. The third kappa shape index (κ3) is 7.80. The van der Waals surface area contributed by atoms with Crippen molar-refractivity contribution < 1.29 is 9.28 Å². The Morgan fingerprint density at radius 1 is 1.29 bits per heavy atom. The van der Waals surface area contributed by atoms with Crippen LogP contribution in [0.1, 0.15) is 19.8 Å². The number of hydrogen-bond donors (Lipinski definition) is 1. The molecule has 1 N–H and O–H groups in total. The van der Waals surface area contributed by atoms with E-state index >= 15 is 0 Å². The highest BCUT2D eigenvalue weighted by atomic mass is 16.1. The van der Waals surface area contributed by atoms with Gasteiger partial charge in [0.1, 0.15) is 0 Å². The van der Waals surface area contributed by atoms with Crippen molar-refractivity contribution in [3.8, 4) is 0 Å². The van der Waals surface area contributed by atoms with E-state index in [1.165, 1.54) is 0 Å². The molecule has 0 bridgehead atoms. The second-order valence-corrected chi connectivity index (χ2v) is 4.76. The van der Waals surface area contributed by atoms with E-state index in [1.807, 2.05) is 0 Å². The number of carbonyl (C=O) groups excluding carboxylic acids is 1. The Balaban J connectivity index is 3.39. The van der Waals surface area contributed by atoms with Crippen LogP contribution >= 0.6 is 0 Å². The first-order valence-corrected chi connectivity index (χ1v) is 5.07. The standard InChI is InChI=1S/C11H22N2O/c1-10(2)11(14)12-8-6-7-9-13(3,4)5/h1,6-9H2,2-5H3/p+1. The number of amides is 1. The van der Waals surface area contributed by atoms with Crippen molar-refractivity contribution in [3.05, 3.63) is 12.2 Å². The number of carbonyl (C=O) groups is 1. The van der Waals surface area contributed by atoms with Crippen LogP contribution in [0.5, 0.6) is 0 Å². The fourth-order valence-corrected chi connectivity index (χ4v) is 1.06. The lowest BCUT2D eigenvalue weighted by molar-refractivity contribution is -0.870. The summed E-state index contributed by atoms with van der Waals surface area (Å²) in [5.41, 5.74) is 0.580. The van der Waals surface area contributed by atoms with Crippen LogP contribution in [0, 0.1) is 0 Å². The van der Waals surface area contributed by atoms with Gasteiger partial charge in [0, 0.05) is 12.1 Å². The lowest BCUT2D eigenvalue weighted by atomic mass is 10.2. The molecule has 0 saturated carbocycles. The molecule has 1 amide bonds. The molecule has 0 radical (unpaired) electrons. The third-order valence-electron chi connectivity index (χ3n) is 1.93. The number of unbranched alkanes of at least 4 members (excludes halogenated alkanes) is 1. The molecule has 0 saturated heterocycles. The molecular weight excluding hydrogens is 176 g/mol. The van der Waals surface area contributed by atoms with Crippen LogP contribution in [0.3, 0.4) is 0 Å². The van der Waals surface area contributed by atoms with Gasteiger partial charge in [-0.2, -0.15) is 0 Å². The van der Waals surface area contributed by atoms with Crippen molar-refractivity contribution in [1.29, 1.82) is 0 Å². The molecule has 3 heteroatoms. The molecule has 14 heavy (non-hydrogen) atoms. The smallest absolute Gasteiger partial charge is 0.246 e. The first kappa shape index (κ1) is 13.2. The van der Waals surface area contributed by atoms with Gasteiger partial charge in [0.25, 0.3) is 0 Å². The second kappa shape index (κ2) is 5.81. The van der Waals surface area contributed by atoms with Crippen LogP contribution in [-0.4, -0.2) is 44.6 Å². The van der Waals surface area contributed by atoms with Crippen molar-refractivity contribution >= 4 is 5.91 Å². The molecular formula is C11H23N2O+. The van der Waals surface area contributed by atoms with Gasteiger partial charge < -0.3 is 9.80 Å². The van der Waals surface area contributed by atoms with Gasteiger partial charge in [-0.1, -0.05) is 6.58 Å². The van der Waals surface area contributed by atoms with Crippen LogP contribution in [0.15, 0.2) is 12.2 Å². The highest BCUT2D eigenvalue weighted by Gasteiger charge is 2.05. The first-order chi connectivity index (χ1) is 6.33. The molecule has 0 aromatic carbocycles. The van der Waals surface area contributed by atoms with Crippen LogP contribution in [0.4, 0.5) is 0 Å². The Kier molecular flexibility index (Phi) is 5.46. The van der Waals surface area contributed by atoms with Gasteiger partial charge in [-0.05, 0) is 19.8 Å². The van der Waals surface area contributed by atoms with Gasteiger partial charge in [-0.3, -0.25) is 4.79 Å². The molecule has 0 aromatic rings. The van der Waals surface area contributed by atoms with Crippen molar-refractivity contribution in [1.82, 2.24) is 5.32 Å².